The Balaban J connectivity index is 1.66. The first kappa shape index (κ1) is 16.1. The van der Waals surface area contributed by atoms with Crippen molar-refractivity contribution in [3.05, 3.63) is 42.5 Å². The molecule has 0 bridgehead atoms. The van der Waals surface area contributed by atoms with Crippen molar-refractivity contribution >= 4 is 5.91 Å². The van der Waals surface area contributed by atoms with Gasteiger partial charge in [0.05, 0.1) is 7.11 Å². The first-order chi connectivity index (χ1) is 11.2. The van der Waals surface area contributed by atoms with Crippen LogP contribution in [-0.2, 0) is 11.3 Å². The molecule has 4 heteroatoms. The summed E-state index contributed by atoms with van der Waals surface area (Å²) in [6.45, 7) is 7.15. The molecule has 1 saturated heterocycles. The van der Waals surface area contributed by atoms with Crippen LogP contribution in [0.3, 0.4) is 0 Å². The van der Waals surface area contributed by atoms with Crippen LogP contribution in [0, 0.1) is 11.3 Å². The number of methoxy groups -OCH3 is 1. The largest absolute Gasteiger partial charge is 0.497 e. The van der Waals surface area contributed by atoms with E-state index in [1.165, 1.54) is 0 Å². The molecule has 124 valence electrons. The molecule has 1 aliphatic carbocycles. The van der Waals surface area contributed by atoms with Gasteiger partial charge >= 0.3 is 0 Å². The molecule has 1 saturated carbocycles. The maximum Gasteiger partial charge on any atom is 0.226 e. The number of hydrogen-bond donors (Lipinski definition) is 1. The van der Waals surface area contributed by atoms with Gasteiger partial charge in [-0.2, -0.15) is 0 Å². The second kappa shape index (κ2) is 6.75. The Kier molecular flexibility index (Phi) is 4.71. The third-order valence-electron chi connectivity index (χ3n) is 5.28. The first-order valence-electron chi connectivity index (χ1n) is 8.42. The minimum atomic E-state index is 0.211. The number of carbonyl (C=O) groups is 1. The normalized spacial score (nSPS) is 21.7. The molecule has 1 unspecified atom stereocenters. The second-order valence-electron chi connectivity index (χ2n) is 6.72. The summed E-state index contributed by atoms with van der Waals surface area (Å²) < 4.78 is 5.19. The number of nitrogens with one attached hydrogen (secondary N) is 1. The number of nitrogens with zero attached hydrogens (tertiary/aromatic N) is 1. The van der Waals surface area contributed by atoms with E-state index in [4.69, 9.17) is 4.74 Å². The van der Waals surface area contributed by atoms with Crippen LogP contribution in [0.25, 0.3) is 0 Å². The monoisotopic (exact) mass is 314 g/mol. The predicted molar refractivity (Wildman–Crippen MR) is 91.3 cm³/mol. The highest BCUT2D eigenvalue weighted by Gasteiger charge is 2.58. The number of carbonyl (C=O) groups excluding carboxylic acids is 1. The van der Waals surface area contributed by atoms with Gasteiger partial charge in [0.1, 0.15) is 5.75 Å². The molecule has 1 aromatic rings. The smallest absolute Gasteiger partial charge is 0.226 e. The highest BCUT2D eigenvalue weighted by atomic mass is 16.5. The summed E-state index contributed by atoms with van der Waals surface area (Å²) in [7, 11) is 1.66. The van der Waals surface area contributed by atoms with Gasteiger partial charge in [-0.05, 0) is 55.5 Å². The fourth-order valence-electron chi connectivity index (χ4n) is 3.73. The van der Waals surface area contributed by atoms with Crippen LogP contribution in [0.1, 0.15) is 24.8 Å². The van der Waals surface area contributed by atoms with E-state index >= 15 is 0 Å². The lowest BCUT2D eigenvalue weighted by Crippen LogP contribution is -2.36. The Morgan fingerprint density at radius 1 is 1.39 bits per heavy atom. The fraction of sp³-hybridized carbons (Fsp3) is 0.526. The lowest BCUT2D eigenvalue weighted by atomic mass is 9.91. The van der Waals surface area contributed by atoms with Gasteiger partial charge in [-0.3, -0.25) is 4.79 Å². The molecule has 1 spiro atoms. The van der Waals surface area contributed by atoms with Gasteiger partial charge in [0, 0.05) is 19.0 Å². The molecule has 1 aliphatic heterocycles. The van der Waals surface area contributed by atoms with Gasteiger partial charge in [-0.15, -0.1) is 6.58 Å². The zero-order valence-corrected chi connectivity index (χ0v) is 13.9. The van der Waals surface area contributed by atoms with E-state index in [0.29, 0.717) is 19.0 Å². The molecule has 0 aromatic heterocycles. The van der Waals surface area contributed by atoms with Gasteiger partial charge in [0.25, 0.3) is 0 Å². The summed E-state index contributed by atoms with van der Waals surface area (Å²) in [5.74, 6) is 1.34. The second-order valence-corrected chi connectivity index (χ2v) is 6.72. The lowest BCUT2D eigenvalue weighted by Gasteiger charge is -2.26. The quantitative estimate of drug-likeness (QED) is 0.821. The van der Waals surface area contributed by atoms with E-state index in [2.05, 4.69) is 11.9 Å². The third-order valence-corrected chi connectivity index (χ3v) is 5.28. The molecule has 0 radical (unpaired) electrons. The Hall–Kier alpha value is -1.81. The maximum absolute atomic E-state index is 12.9. The van der Waals surface area contributed by atoms with Crippen molar-refractivity contribution in [1.29, 1.82) is 0 Å². The number of hydrogen-bond acceptors (Lipinski definition) is 3. The molecule has 1 aromatic carbocycles. The number of ether oxygens (including phenoxy) is 1. The van der Waals surface area contributed by atoms with Crippen LogP contribution >= 0.6 is 0 Å². The van der Waals surface area contributed by atoms with Crippen LogP contribution in [-0.4, -0.2) is 37.6 Å². The average Bonchev–Trinajstić information content (AvgIpc) is 3.28. The fourth-order valence-corrected chi connectivity index (χ4v) is 3.73. The molecule has 1 heterocycles. The number of rotatable bonds is 6. The standard InChI is InChI=1S/C19H26N2O2/c1-3-12-21(14-15-4-6-16(23-2)7-5-15)18(22)17-13-19(17)8-10-20-11-9-19/h3-7,17,20H,1,8-14H2,2H3. The molecule has 1 N–H and O–H groups in total. The minimum absolute atomic E-state index is 0.211. The van der Waals surface area contributed by atoms with E-state index in [1.54, 1.807) is 7.11 Å². The number of piperidine rings is 1. The highest BCUT2D eigenvalue weighted by molar-refractivity contribution is 5.83. The molecule has 4 nitrogen and oxygen atoms in total. The van der Waals surface area contributed by atoms with E-state index in [9.17, 15) is 4.79 Å². The van der Waals surface area contributed by atoms with Gasteiger partial charge < -0.3 is 15.0 Å². The van der Waals surface area contributed by atoms with E-state index in [1.807, 2.05) is 35.2 Å². The summed E-state index contributed by atoms with van der Waals surface area (Å²) in [5.41, 5.74) is 1.41. The number of benzene rings is 1. The molecule has 23 heavy (non-hydrogen) atoms. The number of amides is 1. The van der Waals surface area contributed by atoms with Crippen molar-refractivity contribution in [2.24, 2.45) is 11.3 Å². The van der Waals surface area contributed by atoms with Crippen molar-refractivity contribution in [3.63, 3.8) is 0 Å². The van der Waals surface area contributed by atoms with Crippen LogP contribution in [0.5, 0.6) is 5.75 Å². The summed E-state index contributed by atoms with van der Waals surface area (Å²) >= 11 is 0. The SMILES string of the molecule is C=CCN(Cc1ccc(OC)cc1)C(=O)C1CC12CCNCC2. The molecule has 2 aliphatic rings. The van der Waals surface area contributed by atoms with Crippen LogP contribution < -0.4 is 10.1 Å². The molecular weight excluding hydrogens is 288 g/mol. The lowest BCUT2D eigenvalue weighted by molar-refractivity contribution is -0.133. The highest BCUT2D eigenvalue weighted by Crippen LogP contribution is 2.59. The Bertz CT molecular complexity index is 561. The third kappa shape index (κ3) is 3.42. The Morgan fingerprint density at radius 3 is 2.70 bits per heavy atom. The molecule has 1 amide bonds. The Morgan fingerprint density at radius 2 is 2.09 bits per heavy atom. The molecule has 3 rings (SSSR count). The minimum Gasteiger partial charge on any atom is -0.497 e. The zero-order valence-electron chi connectivity index (χ0n) is 13.9. The van der Waals surface area contributed by atoms with Crippen LogP contribution in [0.2, 0.25) is 0 Å². The zero-order chi connectivity index (χ0) is 16.3. The van der Waals surface area contributed by atoms with Crippen LogP contribution in [0.15, 0.2) is 36.9 Å². The van der Waals surface area contributed by atoms with E-state index in [-0.39, 0.29) is 11.3 Å². The van der Waals surface area contributed by atoms with Crippen molar-refractivity contribution in [2.75, 3.05) is 26.7 Å². The van der Waals surface area contributed by atoms with Crippen molar-refractivity contribution in [1.82, 2.24) is 10.2 Å². The van der Waals surface area contributed by atoms with E-state index < -0.39 is 0 Å². The topological polar surface area (TPSA) is 41.6 Å². The van der Waals surface area contributed by atoms with Gasteiger partial charge in [-0.1, -0.05) is 18.2 Å². The average molecular weight is 314 g/mol. The van der Waals surface area contributed by atoms with Gasteiger partial charge in [0.2, 0.25) is 5.91 Å². The summed E-state index contributed by atoms with van der Waals surface area (Å²) in [5, 5.41) is 3.39. The van der Waals surface area contributed by atoms with Crippen molar-refractivity contribution in [2.45, 2.75) is 25.8 Å². The van der Waals surface area contributed by atoms with Crippen LogP contribution in [0.4, 0.5) is 0 Å². The van der Waals surface area contributed by atoms with Gasteiger partial charge in [0.15, 0.2) is 0 Å². The molecule has 1 atom stereocenters. The maximum atomic E-state index is 12.9. The summed E-state index contributed by atoms with van der Waals surface area (Å²) in [6, 6.07) is 7.93. The Labute approximate surface area is 138 Å². The molecular formula is C19H26N2O2. The summed E-state index contributed by atoms with van der Waals surface area (Å²) in [4.78, 5) is 14.9. The molecule has 2 fully saturated rings. The predicted octanol–water partition coefficient (Wildman–Crippen LogP) is 2.60. The summed E-state index contributed by atoms with van der Waals surface area (Å²) in [6.07, 6.45) is 5.14. The van der Waals surface area contributed by atoms with E-state index in [0.717, 1.165) is 43.7 Å². The van der Waals surface area contributed by atoms with Crippen molar-refractivity contribution < 1.29 is 9.53 Å². The van der Waals surface area contributed by atoms with Crippen molar-refractivity contribution in [3.8, 4) is 5.75 Å². The van der Waals surface area contributed by atoms with Gasteiger partial charge in [-0.25, -0.2) is 0 Å². The first-order valence-corrected chi connectivity index (χ1v) is 8.42.